The molecule has 4 aliphatic rings. The fourth-order valence-electron chi connectivity index (χ4n) is 10.8. The van der Waals surface area contributed by atoms with Crippen LogP contribution in [0.25, 0.3) is 44.7 Å². The summed E-state index contributed by atoms with van der Waals surface area (Å²) < 4.78 is 140. The highest BCUT2D eigenvalue weighted by atomic mass is 31.3. The van der Waals surface area contributed by atoms with E-state index in [4.69, 9.17) is 63.5 Å². The molecular weight excluding hydrogens is 1440 g/mol. The summed E-state index contributed by atoms with van der Waals surface area (Å²) in [6.07, 6.45) is -26.2. The minimum atomic E-state index is -6.37. The second-order valence-corrected chi connectivity index (χ2v) is 29.0. The molecule has 12 heterocycles. The van der Waals surface area contributed by atoms with Crippen molar-refractivity contribution in [3.05, 3.63) is 72.5 Å². The van der Waals surface area contributed by atoms with Crippen molar-refractivity contribution >= 4 is 102 Å². The molecule has 4 aliphatic heterocycles. The number of phosphoric ester groups is 4. The smallest absolute Gasteiger partial charge is 0.387 e. The third kappa shape index (κ3) is 14.1. The van der Waals surface area contributed by atoms with E-state index in [1.165, 1.54) is 6.92 Å². The molecule has 4 fully saturated rings. The molecule has 534 valence electrons. The van der Waals surface area contributed by atoms with Crippen LogP contribution in [-0.4, -0.2) is 235 Å². The normalized spacial score (nSPS) is 30.7. The molecule has 0 bridgehead atoms. The van der Waals surface area contributed by atoms with Gasteiger partial charge in [0.15, 0.2) is 69.6 Å². The molecule has 8 aromatic rings. The molecule has 0 radical (unpaired) electrons. The molecule has 0 saturated carbocycles. The molecular formula is C42H54N19O32P5. The summed E-state index contributed by atoms with van der Waals surface area (Å²) in [7, 11) is -28.9. The van der Waals surface area contributed by atoms with Gasteiger partial charge in [-0.3, -0.25) is 79.5 Å². The predicted octanol–water partition coefficient (Wildman–Crippen LogP) is -5.64. The lowest BCUT2D eigenvalue weighted by atomic mass is 10.1. The molecule has 51 nitrogen and oxygen atoms in total. The van der Waals surface area contributed by atoms with Gasteiger partial charge < -0.3 is 95.9 Å². The van der Waals surface area contributed by atoms with Crippen LogP contribution < -0.4 is 39.4 Å². The van der Waals surface area contributed by atoms with Crippen LogP contribution in [0.1, 0.15) is 30.7 Å². The van der Waals surface area contributed by atoms with Crippen molar-refractivity contribution in [3.63, 3.8) is 0 Å². The maximum Gasteiger partial charge on any atom is 0.490 e. The van der Waals surface area contributed by atoms with Gasteiger partial charge in [-0.15, -0.1) is 0 Å². The SMILES string of the molecule is CO[C@H]1C(OP(=O)(O)OC[C@H]2O[C@@H](n3cnc4c(=O)[nH]c(C)nc43)[C@@H](O)C2O)[C@@H](COP(=O)(O)OC2[C@@H](COP(=O)(O)OP(=O)(O)OP(=O)(O)OC[C@@H]3O[C@H](n4cnc5c(=O)[nH]c(N)nc54)C(O)[C@@H]3O)O[C@@H](n3cnc4c(=O)[nH]c(N)nc43)[C@H]2O)O[C@H]1n1cnc2c(=O)[nH]c(N)nc21. The summed E-state index contributed by atoms with van der Waals surface area (Å²) in [5.41, 5.74) is 11.7. The highest BCUT2D eigenvalue weighted by Gasteiger charge is 2.55. The predicted molar refractivity (Wildman–Crippen MR) is 312 cm³/mol. The number of hydrogen-bond acceptors (Lipinski definition) is 38. The maximum atomic E-state index is 14.2. The number of aliphatic hydroxyl groups is 5. The van der Waals surface area contributed by atoms with Crippen LogP contribution in [0.5, 0.6) is 0 Å². The summed E-state index contributed by atoms with van der Waals surface area (Å²) in [5, 5.41) is 55.3. The Morgan fingerprint density at radius 3 is 1.15 bits per heavy atom. The standard InChI is InChI=1S/C42H54N19O32P5/c1-11-50-28-16(32(67)51-11)46-7-58(28)36-22(64)20(62)12(86-36)3-82-95(73,74)91-26-15(89-39(27(26)81-2)61-10-49-19-31(61)54-42(45)57-35(19)70)6-83-94(71,72)90-25-14(88-38(24(25)66)60-9-48-18-30(60)53-41(44)56-34(18)69)5-85-97(77,78)93-98(79,80)92-96(75,76)84-4-13-21(63)23(65)37(87-13)59-8-47-17-29(59)52-40(43)55-33(17)68/h7-10,12-15,20-27,36-39,62-66H,3-6H2,1-2H3,(H,71,72)(H,73,74)(H,75,76)(H,77,78)(H,79,80)(H,50,51,67)(H3,43,52,55,68)(H3,44,53,56,69)(H3,45,54,57,70)/t12-,13+,14-,15-,20?,21-,22+,23?,24+,25?,26?,27+,36-,37+,38-,39-/m1/s1. The van der Waals surface area contributed by atoms with Crippen LogP contribution >= 0.6 is 39.1 Å². The highest BCUT2D eigenvalue weighted by molar-refractivity contribution is 7.66. The van der Waals surface area contributed by atoms with E-state index in [2.05, 4.69) is 73.0 Å². The minimum Gasteiger partial charge on any atom is -0.387 e. The first kappa shape index (κ1) is 70.9. The van der Waals surface area contributed by atoms with E-state index in [1.54, 1.807) is 0 Å². The van der Waals surface area contributed by atoms with Crippen LogP contribution in [0.2, 0.25) is 0 Å². The van der Waals surface area contributed by atoms with Crippen molar-refractivity contribution in [1.29, 1.82) is 0 Å². The molecule has 0 amide bonds. The molecule has 0 aliphatic carbocycles. The summed E-state index contributed by atoms with van der Waals surface area (Å²) in [6, 6.07) is 0. The van der Waals surface area contributed by atoms with Gasteiger partial charge >= 0.3 is 39.1 Å². The van der Waals surface area contributed by atoms with Gasteiger partial charge in [-0.25, -0.2) is 47.7 Å². The van der Waals surface area contributed by atoms with Gasteiger partial charge in [0.1, 0.15) is 79.1 Å². The van der Waals surface area contributed by atoms with Gasteiger partial charge in [0.2, 0.25) is 17.8 Å². The Kier molecular flexibility index (Phi) is 19.2. The van der Waals surface area contributed by atoms with Crippen molar-refractivity contribution in [2.45, 2.75) is 105 Å². The van der Waals surface area contributed by atoms with E-state index < -0.39 is 209 Å². The van der Waals surface area contributed by atoms with Crippen molar-refractivity contribution in [2.75, 3.05) is 50.7 Å². The van der Waals surface area contributed by atoms with Gasteiger partial charge in [0.05, 0.1) is 51.7 Å². The first-order chi connectivity index (χ1) is 46.0. The topological polar surface area (TPSA) is 740 Å². The fourth-order valence-corrected chi connectivity index (χ4v) is 16.3. The second-order valence-electron chi connectivity index (χ2n) is 21.5. The van der Waals surface area contributed by atoms with Gasteiger partial charge in [-0.05, 0) is 6.92 Å². The molecule has 20 N–H and O–H groups in total. The van der Waals surface area contributed by atoms with E-state index in [1.807, 2.05) is 0 Å². The number of nitrogens with zero attached hydrogens (tertiary/aromatic N) is 12. The molecule has 0 aromatic carbocycles. The van der Waals surface area contributed by atoms with Crippen LogP contribution in [0.4, 0.5) is 17.8 Å². The number of nitrogen functional groups attached to an aromatic ring is 3. The number of H-pyrrole nitrogens is 4. The Morgan fingerprint density at radius 1 is 0.429 bits per heavy atom. The van der Waals surface area contributed by atoms with E-state index in [0.717, 1.165) is 50.7 Å². The Balaban J connectivity index is 0.745. The van der Waals surface area contributed by atoms with Crippen LogP contribution in [0, 0.1) is 6.92 Å². The molecule has 98 heavy (non-hydrogen) atoms. The molecule has 12 rings (SSSR count). The fraction of sp³-hybridized carbons (Fsp3) is 0.524. The Hall–Kier alpha value is -6.97. The lowest BCUT2D eigenvalue weighted by Crippen LogP contribution is -2.38. The molecule has 9 unspecified atom stereocenters. The van der Waals surface area contributed by atoms with Crippen molar-refractivity contribution in [3.8, 4) is 0 Å². The van der Waals surface area contributed by atoms with Crippen molar-refractivity contribution < 1.29 is 132 Å². The zero-order chi connectivity index (χ0) is 70.6. The van der Waals surface area contributed by atoms with E-state index in [0.29, 0.717) is 0 Å². The molecule has 0 spiro atoms. The average molecular weight is 1490 g/mol. The number of fused-ring (bicyclic) bond motifs is 4. The largest absolute Gasteiger partial charge is 0.490 e. The highest BCUT2D eigenvalue weighted by Crippen LogP contribution is 2.68. The number of aryl methyl sites for hydroxylation is 1. The number of nitrogens with two attached hydrogens (primary N) is 3. The first-order valence-corrected chi connectivity index (χ1v) is 35.2. The van der Waals surface area contributed by atoms with Gasteiger partial charge in [-0.2, -0.15) is 23.6 Å². The Bertz CT molecular complexity index is 4890. The second kappa shape index (κ2) is 26.5. The van der Waals surface area contributed by atoms with Gasteiger partial charge in [0.25, 0.3) is 22.2 Å². The lowest BCUT2D eigenvalue weighted by Gasteiger charge is -2.27. The summed E-state index contributed by atoms with van der Waals surface area (Å²) >= 11 is 0. The number of hydrogen-bond donors (Lipinski definition) is 17. The van der Waals surface area contributed by atoms with E-state index in [9.17, 15) is 92.0 Å². The zero-order valence-electron chi connectivity index (χ0n) is 49.2. The van der Waals surface area contributed by atoms with Crippen LogP contribution in [0.15, 0.2) is 44.5 Å². The average Bonchev–Trinajstić information content (AvgIpc) is 1.62. The number of nitrogens with one attached hydrogen (secondary N) is 4. The monoisotopic (exact) mass is 1490 g/mol. The van der Waals surface area contributed by atoms with Crippen LogP contribution in [0.3, 0.4) is 0 Å². The molecule has 56 heteroatoms. The molecule has 8 aromatic heterocycles. The third-order valence-corrected chi connectivity index (χ3v) is 21.3. The van der Waals surface area contributed by atoms with Gasteiger partial charge in [-0.1, -0.05) is 0 Å². The Morgan fingerprint density at radius 2 is 0.745 bits per heavy atom. The summed E-state index contributed by atoms with van der Waals surface area (Å²) in [4.78, 5) is 146. The number of rotatable bonds is 25. The lowest BCUT2D eigenvalue weighted by molar-refractivity contribution is -0.0627. The number of phosphoric acid groups is 5. The molecule has 4 saturated heterocycles. The maximum absolute atomic E-state index is 14.2. The number of aromatic amines is 4. The quantitative estimate of drug-likeness (QED) is 0.0237. The van der Waals surface area contributed by atoms with Crippen LogP contribution in [-0.2, 0) is 82.3 Å². The zero-order valence-corrected chi connectivity index (χ0v) is 53.6. The molecule has 21 atom stereocenters. The number of methoxy groups -OCH3 is 1. The summed E-state index contributed by atoms with van der Waals surface area (Å²) in [5.74, 6) is -1.18. The number of anilines is 3. The summed E-state index contributed by atoms with van der Waals surface area (Å²) in [6.45, 7) is -3.61. The Labute approximate surface area is 538 Å². The minimum absolute atomic E-state index is 0.0688. The number of imidazole rings is 4. The number of aromatic nitrogens is 16. The van der Waals surface area contributed by atoms with Gasteiger partial charge in [0, 0.05) is 7.11 Å². The van der Waals surface area contributed by atoms with E-state index >= 15 is 0 Å². The van der Waals surface area contributed by atoms with Crippen molar-refractivity contribution in [2.24, 2.45) is 0 Å². The first-order valence-electron chi connectivity index (χ1n) is 27.7. The van der Waals surface area contributed by atoms with E-state index in [-0.39, 0.29) is 45.3 Å². The third-order valence-electron chi connectivity index (χ3n) is 15.1. The van der Waals surface area contributed by atoms with Crippen molar-refractivity contribution in [1.82, 2.24) is 78.1 Å². The number of ether oxygens (including phenoxy) is 5. The number of aliphatic hydroxyl groups excluding tert-OH is 5.